The minimum absolute atomic E-state index is 0.0943. The molecule has 106 valence electrons. The van der Waals surface area contributed by atoms with Crippen molar-refractivity contribution in [2.24, 2.45) is 16.9 Å². The third-order valence-corrected chi connectivity index (χ3v) is 3.64. The molecule has 1 aromatic carbocycles. The molecule has 5 nitrogen and oxygen atoms in total. The SMILES string of the molecule is CC1(C)C=C(C(=O)c2ccccc2)C(N)=C(N)C1(O)O. The molecule has 0 bridgehead atoms. The van der Waals surface area contributed by atoms with E-state index in [4.69, 9.17) is 11.5 Å². The maximum Gasteiger partial charge on any atom is 0.215 e. The van der Waals surface area contributed by atoms with E-state index < -0.39 is 11.2 Å². The molecule has 0 unspecified atom stereocenters. The number of carbonyl (C=O) groups excluding carboxylic acids is 1. The van der Waals surface area contributed by atoms with Gasteiger partial charge in [-0.25, -0.2) is 0 Å². The van der Waals surface area contributed by atoms with Gasteiger partial charge < -0.3 is 21.7 Å². The van der Waals surface area contributed by atoms with Gasteiger partial charge in [0.1, 0.15) is 0 Å². The molecule has 1 aromatic rings. The second-order valence-electron chi connectivity index (χ2n) is 5.47. The lowest BCUT2D eigenvalue weighted by atomic mass is 9.74. The molecule has 0 atom stereocenters. The normalized spacial score (nSPS) is 20.5. The first kappa shape index (κ1) is 14.3. The molecule has 6 N–H and O–H groups in total. The first-order valence-corrected chi connectivity index (χ1v) is 6.22. The standard InChI is InChI=1S/C15H18N2O3/c1-14(2)8-10(11(16)13(17)15(14,19)20)12(18)9-6-4-3-5-7-9/h3-8,19-20H,16-17H2,1-2H3. The number of aliphatic hydroxyl groups is 2. The Kier molecular flexibility index (Phi) is 3.20. The van der Waals surface area contributed by atoms with Crippen LogP contribution in [0.25, 0.3) is 0 Å². The minimum Gasteiger partial charge on any atom is -0.397 e. The fourth-order valence-electron chi connectivity index (χ4n) is 2.15. The summed E-state index contributed by atoms with van der Waals surface area (Å²) in [6.07, 6.45) is 1.45. The van der Waals surface area contributed by atoms with E-state index in [1.54, 1.807) is 44.2 Å². The topological polar surface area (TPSA) is 110 Å². The third-order valence-electron chi connectivity index (χ3n) is 3.64. The number of ketones is 1. The Labute approximate surface area is 117 Å². The molecule has 2 rings (SSSR count). The Morgan fingerprint density at radius 1 is 1.10 bits per heavy atom. The average Bonchev–Trinajstić information content (AvgIpc) is 2.42. The monoisotopic (exact) mass is 274 g/mol. The van der Waals surface area contributed by atoms with Crippen molar-refractivity contribution in [2.75, 3.05) is 0 Å². The highest BCUT2D eigenvalue weighted by atomic mass is 16.5. The Hall–Kier alpha value is -2.11. The third kappa shape index (κ3) is 2.01. The largest absolute Gasteiger partial charge is 0.397 e. The highest BCUT2D eigenvalue weighted by molar-refractivity contribution is 6.11. The average molecular weight is 274 g/mol. The number of hydrogen-bond donors (Lipinski definition) is 4. The van der Waals surface area contributed by atoms with E-state index in [1.165, 1.54) is 6.08 Å². The van der Waals surface area contributed by atoms with Crippen molar-refractivity contribution in [1.29, 1.82) is 0 Å². The van der Waals surface area contributed by atoms with Crippen molar-refractivity contribution in [2.45, 2.75) is 19.6 Å². The Morgan fingerprint density at radius 3 is 2.20 bits per heavy atom. The molecule has 1 aliphatic carbocycles. The van der Waals surface area contributed by atoms with E-state index in [-0.39, 0.29) is 22.8 Å². The van der Waals surface area contributed by atoms with Crippen molar-refractivity contribution in [3.8, 4) is 0 Å². The first-order valence-electron chi connectivity index (χ1n) is 6.22. The maximum atomic E-state index is 12.5. The fraction of sp³-hybridized carbons (Fsp3) is 0.267. The van der Waals surface area contributed by atoms with Crippen molar-refractivity contribution in [1.82, 2.24) is 0 Å². The van der Waals surface area contributed by atoms with E-state index in [0.29, 0.717) is 5.56 Å². The predicted octanol–water partition coefficient (Wildman–Crippen LogP) is 0.645. The Balaban J connectivity index is 2.53. The van der Waals surface area contributed by atoms with Gasteiger partial charge in [-0.1, -0.05) is 50.3 Å². The quantitative estimate of drug-likeness (QED) is 0.467. The van der Waals surface area contributed by atoms with Crippen LogP contribution in [0.2, 0.25) is 0 Å². The van der Waals surface area contributed by atoms with Crippen LogP contribution in [0.1, 0.15) is 24.2 Å². The van der Waals surface area contributed by atoms with Crippen molar-refractivity contribution in [3.05, 3.63) is 58.9 Å². The first-order chi connectivity index (χ1) is 9.18. The summed E-state index contributed by atoms with van der Waals surface area (Å²) in [6, 6.07) is 8.62. The number of benzene rings is 1. The molecule has 0 saturated carbocycles. The van der Waals surface area contributed by atoms with Crippen molar-refractivity contribution < 1.29 is 15.0 Å². The highest BCUT2D eigenvalue weighted by Crippen LogP contribution is 2.41. The van der Waals surface area contributed by atoms with Gasteiger partial charge in [0.15, 0.2) is 5.78 Å². The number of hydrogen-bond acceptors (Lipinski definition) is 5. The van der Waals surface area contributed by atoms with Crippen LogP contribution in [0.5, 0.6) is 0 Å². The molecule has 0 heterocycles. The zero-order valence-corrected chi connectivity index (χ0v) is 11.4. The van der Waals surface area contributed by atoms with E-state index in [2.05, 4.69) is 0 Å². The molecular weight excluding hydrogens is 256 g/mol. The molecule has 0 aliphatic heterocycles. The van der Waals surface area contributed by atoms with Crippen molar-refractivity contribution >= 4 is 5.78 Å². The molecule has 0 fully saturated rings. The zero-order valence-electron chi connectivity index (χ0n) is 11.4. The van der Waals surface area contributed by atoms with Gasteiger partial charge in [-0.2, -0.15) is 0 Å². The van der Waals surface area contributed by atoms with Crippen LogP contribution in [-0.4, -0.2) is 21.8 Å². The van der Waals surface area contributed by atoms with Crippen LogP contribution in [-0.2, 0) is 0 Å². The van der Waals surface area contributed by atoms with Crippen LogP contribution in [0.15, 0.2) is 53.4 Å². The Morgan fingerprint density at radius 2 is 1.65 bits per heavy atom. The van der Waals surface area contributed by atoms with Crippen molar-refractivity contribution in [3.63, 3.8) is 0 Å². The smallest absolute Gasteiger partial charge is 0.215 e. The van der Waals surface area contributed by atoms with E-state index in [0.717, 1.165) is 0 Å². The molecule has 0 radical (unpaired) electrons. The van der Waals surface area contributed by atoms with Gasteiger partial charge in [0.25, 0.3) is 0 Å². The second kappa shape index (κ2) is 4.47. The summed E-state index contributed by atoms with van der Waals surface area (Å²) in [7, 11) is 0. The minimum atomic E-state index is -2.28. The highest BCUT2D eigenvalue weighted by Gasteiger charge is 2.48. The van der Waals surface area contributed by atoms with Gasteiger partial charge in [-0.05, 0) is 0 Å². The number of carbonyl (C=O) groups is 1. The summed E-state index contributed by atoms with van der Waals surface area (Å²) >= 11 is 0. The summed E-state index contributed by atoms with van der Waals surface area (Å²) in [4.78, 5) is 12.5. The molecule has 5 heteroatoms. The number of Topliss-reactive ketones (excluding diaryl/α,β-unsaturated/α-hetero) is 1. The number of rotatable bonds is 2. The van der Waals surface area contributed by atoms with Gasteiger partial charge in [0.2, 0.25) is 5.79 Å². The summed E-state index contributed by atoms with van der Waals surface area (Å²) in [5.74, 6) is -2.58. The molecule has 0 amide bonds. The predicted molar refractivity (Wildman–Crippen MR) is 75.2 cm³/mol. The van der Waals surface area contributed by atoms with Gasteiger partial charge in [-0.15, -0.1) is 0 Å². The van der Waals surface area contributed by atoms with Crippen LogP contribution in [0, 0.1) is 5.41 Å². The van der Waals surface area contributed by atoms with Gasteiger partial charge >= 0.3 is 0 Å². The molecule has 0 spiro atoms. The summed E-state index contributed by atoms with van der Waals surface area (Å²) in [5, 5.41) is 20.1. The lowest BCUT2D eigenvalue weighted by Gasteiger charge is -2.40. The van der Waals surface area contributed by atoms with Crippen LogP contribution in [0.3, 0.4) is 0 Å². The van der Waals surface area contributed by atoms with E-state index in [9.17, 15) is 15.0 Å². The van der Waals surface area contributed by atoms with Crippen LogP contribution >= 0.6 is 0 Å². The molecule has 0 saturated heterocycles. The molecule has 1 aliphatic rings. The van der Waals surface area contributed by atoms with E-state index >= 15 is 0 Å². The number of allylic oxidation sites excluding steroid dienone is 1. The zero-order chi connectivity index (χ0) is 15.1. The van der Waals surface area contributed by atoms with Gasteiger partial charge in [-0.3, -0.25) is 4.79 Å². The number of nitrogens with two attached hydrogens (primary N) is 2. The Bertz CT molecular complexity index is 613. The molecule has 0 aromatic heterocycles. The summed E-state index contributed by atoms with van der Waals surface area (Å²) < 4.78 is 0. The van der Waals surface area contributed by atoms with Gasteiger partial charge in [0.05, 0.1) is 11.4 Å². The fourth-order valence-corrected chi connectivity index (χ4v) is 2.15. The van der Waals surface area contributed by atoms with Crippen LogP contribution in [0.4, 0.5) is 0 Å². The second-order valence-corrected chi connectivity index (χ2v) is 5.47. The summed E-state index contributed by atoms with van der Waals surface area (Å²) in [6.45, 7) is 3.15. The van der Waals surface area contributed by atoms with Gasteiger partial charge in [0, 0.05) is 16.6 Å². The van der Waals surface area contributed by atoms with E-state index in [1.807, 2.05) is 0 Å². The molecule has 20 heavy (non-hydrogen) atoms. The maximum absolute atomic E-state index is 12.5. The van der Waals surface area contributed by atoms with Crippen LogP contribution < -0.4 is 11.5 Å². The lowest BCUT2D eigenvalue weighted by molar-refractivity contribution is -0.189. The molecular formula is C15H18N2O3. The lowest BCUT2D eigenvalue weighted by Crippen LogP contribution is -2.52. The summed E-state index contributed by atoms with van der Waals surface area (Å²) in [5.41, 5.74) is 10.6.